The van der Waals surface area contributed by atoms with Crippen molar-refractivity contribution in [2.45, 2.75) is 25.8 Å². The van der Waals surface area contributed by atoms with Gasteiger partial charge >= 0.3 is 0 Å². The van der Waals surface area contributed by atoms with Crippen LogP contribution in [0.5, 0.6) is 0 Å². The second-order valence-electron chi connectivity index (χ2n) is 5.63. The van der Waals surface area contributed by atoms with Crippen LogP contribution in [0, 0.1) is 6.92 Å². The molecule has 0 aliphatic carbocycles. The predicted octanol–water partition coefficient (Wildman–Crippen LogP) is 2.76. The maximum atomic E-state index is 12.8. The van der Waals surface area contributed by atoms with Crippen molar-refractivity contribution < 1.29 is 4.79 Å². The van der Waals surface area contributed by atoms with Crippen LogP contribution in [-0.4, -0.2) is 34.9 Å². The molecule has 3 rings (SSSR count). The number of carbonyl (C=O) groups excluding carboxylic acids is 1. The van der Waals surface area contributed by atoms with Gasteiger partial charge in [0.1, 0.15) is 0 Å². The molecule has 1 aromatic heterocycles. The summed E-state index contributed by atoms with van der Waals surface area (Å²) in [4.78, 5) is 19.1. The number of halogens is 1. The van der Waals surface area contributed by atoms with E-state index < -0.39 is 0 Å². The third-order valence-electron chi connectivity index (χ3n) is 3.88. The van der Waals surface area contributed by atoms with Crippen molar-refractivity contribution in [3.63, 3.8) is 0 Å². The largest absolute Gasteiger partial charge is 0.337 e. The van der Waals surface area contributed by atoms with Crippen molar-refractivity contribution in [1.82, 2.24) is 9.88 Å². The van der Waals surface area contributed by atoms with E-state index in [9.17, 15) is 4.79 Å². The van der Waals surface area contributed by atoms with Gasteiger partial charge in [-0.25, -0.2) is 0 Å². The number of hydrogen-bond acceptors (Lipinski definition) is 3. The van der Waals surface area contributed by atoms with Crippen LogP contribution >= 0.6 is 11.6 Å². The SMILES string of the molecule is Cc1cc(C(=O)N2CCC[C@@H](N)C2)c2ccc(Cl)cc2n1. The average molecular weight is 304 g/mol. The van der Waals surface area contributed by atoms with Crippen molar-refractivity contribution in [1.29, 1.82) is 0 Å². The molecule has 0 bridgehead atoms. The maximum absolute atomic E-state index is 12.8. The van der Waals surface area contributed by atoms with Crippen molar-refractivity contribution in [2.75, 3.05) is 13.1 Å². The summed E-state index contributed by atoms with van der Waals surface area (Å²) >= 11 is 6.02. The van der Waals surface area contributed by atoms with Gasteiger partial charge in [-0.2, -0.15) is 0 Å². The molecule has 1 atom stereocenters. The lowest BCUT2D eigenvalue weighted by atomic mass is 10.0. The van der Waals surface area contributed by atoms with Crippen LogP contribution in [0.4, 0.5) is 0 Å². The van der Waals surface area contributed by atoms with E-state index >= 15 is 0 Å². The Kier molecular flexibility index (Phi) is 3.83. The summed E-state index contributed by atoms with van der Waals surface area (Å²) in [6.07, 6.45) is 1.94. The first kappa shape index (κ1) is 14.3. The van der Waals surface area contributed by atoms with Crippen LogP contribution in [0.15, 0.2) is 24.3 Å². The van der Waals surface area contributed by atoms with Crippen molar-refractivity contribution in [3.05, 3.63) is 40.5 Å². The lowest BCUT2D eigenvalue weighted by Crippen LogP contribution is -2.45. The summed E-state index contributed by atoms with van der Waals surface area (Å²) in [6, 6.07) is 7.37. The van der Waals surface area contributed by atoms with Gasteiger partial charge in [-0.1, -0.05) is 17.7 Å². The number of nitrogens with zero attached hydrogens (tertiary/aromatic N) is 2. The zero-order chi connectivity index (χ0) is 15.0. The van der Waals surface area contributed by atoms with E-state index in [0.717, 1.165) is 36.0 Å². The molecule has 1 aliphatic heterocycles. The molecular formula is C16H18ClN3O. The number of pyridine rings is 1. The van der Waals surface area contributed by atoms with Crippen molar-refractivity contribution in [3.8, 4) is 0 Å². The van der Waals surface area contributed by atoms with Crippen LogP contribution in [0.1, 0.15) is 28.9 Å². The predicted molar refractivity (Wildman–Crippen MR) is 84.6 cm³/mol. The van der Waals surface area contributed by atoms with Gasteiger partial charge in [0, 0.05) is 35.2 Å². The normalized spacial score (nSPS) is 19.0. The Labute approximate surface area is 128 Å². The van der Waals surface area contributed by atoms with E-state index in [0.29, 0.717) is 17.1 Å². The fourth-order valence-electron chi connectivity index (χ4n) is 2.88. The number of carbonyl (C=O) groups is 1. The Morgan fingerprint density at radius 2 is 2.24 bits per heavy atom. The molecule has 4 nitrogen and oxygen atoms in total. The minimum atomic E-state index is 0.0305. The van der Waals surface area contributed by atoms with Gasteiger partial charge in [-0.05, 0) is 38.0 Å². The van der Waals surface area contributed by atoms with Crippen LogP contribution in [0.3, 0.4) is 0 Å². The van der Waals surface area contributed by atoms with Crippen LogP contribution in [0.25, 0.3) is 10.9 Å². The van der Waals surface area contributed by atoms with Crippen molar-refractivity contribution in [2.24, 2.45) is 5.73 Å². The second-order valence-corrected chi connectivity index (χ2v) is 6.06. The van der Waals surface area contributed by atoms with Gasteiger partial charge in [0.05, 0.1) is 11.1 Å². The number of hydrogen-bond donors (Lipinski definition) is 1. The molecule has 1 aromatic carbocycles. The summed E-state index contributed by atoms with van der Waals surface area (Å²) in [5, 5.41) is 1.47. The smallest absolute Gasteiger partial charge is 0.254 e. The topological polar surface area (TPSA) is 59.2 Å². The van der Waals surface area contributed by atoms with Gasteiger partial charge in [0.15, 0.2) is 0 Å². The van der Waals surface area contributed by atoms with Gasteiger partial charge in [-0.3, -0.25) is 9.78 Å². The van der Waals surface area contributed by atoms with Crippen LogP contribution in [-0.2, 0) is 0 Å². The monoisotopic (exact) mass is 303 g/mol. The molecule has 2 N–H and O–H groups in total. The van der Waals surface area contributed by atoms with Gasteiger partial charge in [0.2, 0.25) is 0 Å². The fraction of sp³-hybridized carbons (Fsp3) is 0.375. The number of piperidine rings is 1. The Morgan fingerprint density at radius 1 is 1.43 bits per heavy atom. The van der Waals surface area contributed by atoms with Crippen LogP contribution < -0.4 is 5.73 Å². The van der Waals surface area contributed by atoms with E-state index in [1.807, 2.05) is 24.0 Å². The van der Waals surface area contributed by atoms with Crippen molar-refractivity contribution >= 4 is 28.4 Å². The molecule has 0 unspecified atom stereocenters. The first-order valence-corrected chi connectivity index (χ1v) is 7.54. The maximum Gasteiger partial charge on any atom is 0.254 e. The molecule has 110 valence electrons. The Morgan fingerprint density at radius 3 is 3.00 bits per heavy atom. The highest BCUT2D eigenvalue weighted by Gasteiger charge is 2.24. The molecule has 1 saturated heterocycles. The molecule has 1 amide bonds. The van der Waals surface area contributed by atoms with E-state index in [-0.39, 0.29) is 11.9 Å². The molecule has 1 aliphatic rings. The molecular weight excluding hydrogens is 286 g/mol. The number of nitrogens with two attached hydrogens (primary N) is 1. The summed E-state index contributed by atoms with van der Waals surface area (Å²) < 4.78 is 0. The number of fused-ring (bicyclic) bond motifs is 1. The summed E-state index contributed by atoms with van der Waals surface area (Å²) in [5.41, 5.74) is 8.23. The van der Waals surface area contributed by atoms with E-state index in [4.69, 9.17) is 17.3 Å². The molecule has 1 fully saturated rings. The Balaban J connectivity index is 2.04. The second kappa shape index (κ2) is 5.62. The number of amides is 1. The van der Waals surface area contributed by atoms with E-state index in [2.05, 4.69) is 4.98 Å². The fourth-order valence-corrected chi connectivity index (χ4v) is 3.04. The lowest BCUT2D eigenvalue weighted by molar-refractivity contribution is 0.0710. The quantitative estimate of drug-likeness (QED) is 0.881. The standard InChI is InChI=1S/C16H18ClN3O/c1-10-7-14(13-5-4-11(17)8-15(13)19-10)16(21)20-6-2-3-12(18)9-20/h4-5,7-8,12H,2-3,6,9,18H2,1H3/t12-/m1/s1. The molecule has 2 aromatic rings. The number of rotatable bonds is 1. The highest BCUT2D eigenvalue weighted by Crippen LogP contribution is 2.24. The molecule has 21 heavy (non-hydrogen) atoms. The first-order valence-electron chi connectivity index (χ1n) is 7.16. The average Bonchev–Trinajstić information content (AvgIpc) is 2.45. The number of benzene rings is 1. The molecule has 0 saturated carbocycles. The molecule has 0 spiro atoms. The lowest BCUT2D eigenvalue weighted by Gasteiger charge is -2.31. The first-order chi connectivity index (χ1) is 10.0. The molecule has 5 heteroatoms. The third kappa shape index (κ3) is 2.87. The van der Waals surface area contributed by atoms with Gasteiger partial charge < -0.3 is 10.6 Å². The minimum Gasteiger partial charge on any atom is -0.337 e. The summed E-state index contributed by atoms with van der Waals surface area (Å²) in [5.74, 6) is 0.0305. The zero-order valence-electron chi connectivity index (χ0n) is 12.0. The highest BCUT2D eigenvalue weighted by atomic mass is 35.5. The van der Waals surface area contributed by atoms with Gasteiger partial charge in [0.25, 0.3) is 5.91 Å². The summed E-state index contributed by atoms with van der Waals surface area (Å²) in [6.45, 7) is 3.28. The number of aryl methyl sites for hydroxylation is 1. The third-order valence-corrected chi connectivity index (χ3v) is 4.11. The number of likely N-dealkylation sites (tertiary alicyclic amines) is 1. The van der Waals surface area contributed by atoms with E-state index in [1.54, 1.807) is 12.1 Å². The highest BCUT2D eigenvalue weighted by molar-refractivity contribution is 6.31. The Bertz CT molecular complexity index is 696. The molecule has 2 heterocycles. The minimum absolute atomic E-state index is 0.0305. The van der Waals surface area contributed by atoms with Gasteiger partial charge in [-0.15, -0.1) is 0 Å². The van der Waals surface area contributed by atoms with E-state index in [1.165, 1.54) is 0 Å². The Hall–Kier alpha value is -1.65. The summed E-state index contributed by atoms with van der Waals surface area (Å²) in [7, 11) is 0. The zero-order valence-corrected chi connectivity index (χ0v) is 12.7. The van der Waals surface area contributed by atoms with Crippen LogP contribution in [0.2, 0.25) is 5.02 Å². The number of aromatic nitrogens is 1. The molecule has 0 radical (unpaired) electrons.